The smallest absolute Gasteiger partial charge is 0.312 e. The van der Waals surface area contributed by atoms with Gasteiger partial charge in [-0.2, -0.15) is 18.3 Å². The maximum absolute atomic E-state index is 12.1. The molecule has 0 aliphatic heterocycles. The quantitative estimate of drug-likeness (QED) is 0.897. The summed E-state index contributed by atoms with van der Waals surface area (Å²) in [7, 11) is 3.25. The summed E-state index contributed by atoms with van der Waals surface area (Å²) in [5.41, 5.74) is 0.577. The van der Waals surface area contributed by atoms with Crippen molar-refractivity contribution in [3.8, 4) is 0 Å². The highest BCUT2D eigenvalue weighted by molar-refractivity contribution is 6.31. The molecule has 0 aliphatic rings. The van der Waals surface area contributed by atoms with Crippen LogP contribution in [0.2, 0.25) is 5.02 Å². The lowest BCUT2D eigenvalue weighted by atomic mass is 10.1. The van der Waals surface area contributed by atoms with Gasteiger partial charge in [0.15, 0.2) is 0 Å². The van der Waals surface area contributed by atoms with Crippen molar-refractivity contribution in [3.05, 3.63) is 16.9 Å². The molecule has 0 bridgehead atoms. The van der Waals surface area contributed by atoms with Crippen molar-refractivity contribution < 1.29 is 13.2 Å². The number of alkyl halides is 3. The lowest BCUT2D eigenvalue weighted by molar-refractivity contribution is -0.136. The SMILES string of the molecule is CNC(CCC(F)(F)F)c1c(Cl)cnn1C. The molecule has 3 nitrogen and oxygen atoms in total. The summed E-state index contributed by atoms with van der Waals surface area (Å²) in [5.74, 6) is 0. The molecule has 0 radical (unpaired) electrons. The van der Waals surface area contributed by atoms with Gasteiger partial charge in [0.05, 0.1) is 23.0 Å². The van der Waals surface area contributed by atoms with Crippen LogP contribution in [0.1, 0.15) is 24.6 Å². The summed E-state index contributed by atoms with van der Waals surface area (Å²) in [6, 6.07) is -0.443. The molecule has 1 unspecified atom stereocenters. The number of nitrogens with zero attached hydrogens (tertiary/aromatic N) is 2. The molecular weight excluding hydrogens is 243 g/mol. The molecule has 1 atom stereocenters. The van der Waals surface area contributed by atoms with E-state index in [2.05, 4.69) is 10.4 Å². The van der Waals surface area contributed by atoms with E-state index < -0.39 is 18.6 Å². The summed E-state index contributed by atoms with van der Waals surface area (Å²) in [6.45, 7) is 0. The summed E-state index contributed by atoms with van der Waals surface area (Å²) < 4.78 is 37.8. The Morgan fingerprint density at radius 2 is 2.19 bits per heavy atom. The van der Waals surface area contributed by atoms with Gasteiger partial charge in [0, 0.05) is 13.5 Å². The van der Waals surface area contributed by atoms with Crippen molar-refractivity contribution >= 4 is 11.6 Å². The van der Waals surface area contributed by atoms with Crippen LogP contribution in [0.15, 0.2) is 6.20 Å². The first kappa shape index (κ1) is 13.3. The third-order valence-corrected chi connectivity index (χ3v) is 2.62. The fourth-order valence-corrected chi connectivity index (χ4v) is 1.84. The minimum absolute atomic E-state index is 0.0563. The lowest BCUT2D eigenvalue weighted by Gasteiger charge is -2.18. The average molecular weight is 256 g/mol. The molecule has 0 saturated heterocycles. The van der Waals surface area contributed by atoms with Crippen LogP contribution in [0.3, 0.4) is 0 Å². The van der Waals surface area contributed by atoms with Crippen LogP contribution in [0.5, 0.6) is 0 Å². The minimum atomic E-state index is -4.15. The van der Waals surface area contributed by atoms with Gasteiger partial charge in [-0.1, -0.05) is 11.6 Å². The van der Waals surface area contributed by atoms with E-state index in [0.29, 0.717) is 10.7 Å². The average Bonchev–Trinajstić information content (AvgIpc) is 2.48. The third kappa shape index (κ3) is 3.38. The van der Waals surface area contributed by atoms with Gasteiger partial charge in [-0.3, -0.25) is 4.68 Å². The predicted molar refractivity (Wildman–Crippen MR) is 55.3 cm³/mol. The first-order chi connectivity index (χ1) is 7.35. The van der Waals surface area contributed by atoms with Gasteiger partial charge in [-0.05, 0) is 13.5 Å². The zero-order chi connectivity index (χ0) is 12.3. The Hall–Kier alpha value is -0.750. The fourth-order valence-electron chi connectivity index (χ4n) is 1.54. The van der Waals surface area contributed by atoms with Gasteiger partial charge in [0.2, 0.25) is 0 Å². The van der Waals surface area contributed by atoms with Crippen LogP contribution in [0.25, 0.3) is 0 Å². The number of hydrogen-bond donors (Lipinski definition) is 1. The molecule has 7 heteroatoms. The molecule has 1 aromatic heterocycles. The second kappa shape index (κ2) is 5.05. The third-order valence-electron chi connectivity index (χ3n) is 2.33. The van der Waals surface area contributed by atoms with Crippen LogP contribution in [0, 0.1) is 0 Å². The van der Waals surface area contributed by atoms with Crippen molar-refractivity contribution in [2.75, 3.05) is 7.05 Å². The molecule has 0 saturated carbocycles. The minimum Gasteiger partial charge on any atom is -0.312 e. The van der Waals surface area contributed by atoms with Crippen molar-refractivity contribution in [1.82, 2.24) is 15.1 Å². The fraction of sp³-hybridized carbons (Fsp3) is 0.667. The summed E-state index contributed by atoms with van der Waals surface area (Å²) in [6.07, 6.45) is -3.63. The maximum Gasteiger partial charge on any atom is 0.389 e. The highest BCUT2D eigenvalue weighted by Crippen LogP contribution is 2.30. The summed E-state index contributed by atoms with van der Waals surface area (Å²) in [4.78, 5) is 0. The molecule has 0 amide bonds. The monoisotopic (exact) mass is 255 g/mol. The number of aromatic nitrogens is 2. The standard InChI is InChI=1S/C9H13ClF3N3/c1-14-7(3-4-9(11,12)13)8-6(10)5-15-16(8)2/h5,7,14H,3-4H2,1-2H3. The van der Waals surface area contributed by atoms with E-state index in [0.717, 1.165) is 0 Å². The van der Waals surface area contributed by atoms with E-state index in [9.17, 15) is 13.2 Å². The Balaban J connectivity index is 2.75. The lowest BCUT2D eigenvalue weighted by Crippen LogP contribution is -2.22. The van der Waals surface area contributed by atoms with Crippen molar-refractivity contribution in [1.29, 1.82) is 0 Å². The molecular formula is C9H13ClF3N3. The molecule has 92 valence electrons. The van der Waals surface area contributed by atoms with Gasteiger partial charge >= 0.3 is 6.18 Å². The molecule has 1 rings (SSSR count). The van der Waals surface area contributed by atoms with E-state index in [-0.39, 0.29) is 6.42 Å². The summed E-state index contributed by atoms with van der Waals surface area (Å²) >= 11 is 5.86. The Kier molecular flexibility index (Phi) is 4.21. The highest BCUT2D eigenvalue weighted by atomic mass is 35.5. The van der Waals surface area contributed by atoms with Gasteiger partial charge in [-0.25, -0.2) is 0 Å². The maximum atomic E-state index is 12.1. The molecule has 16 heavy (non-hydrogen) atoms. The van der Waals surface area contributed by atoms with E-state index in [1.807, 2.05) is 0 Å². The van der Waals surface area contributed by atoms with Gasteiger partial charge < -0.3 is 5.32 Å². The van der Waals surface area contributed by atoms with Gasteiger partial charge in [0.1, 0.15) is 0 Å². The van der Waals surface area contributed by atoms with E-state index in [1.165, 1.54) is 10.9 Å². The number of rotatable bonds is 4. The van der Waals surface area contributed by atoms with Gasteiger partial charge in [0.25, 0.3) is 0 Å². The summed E-state index contributed by atoms with van der Waals surface area (Å²) in [5, 5.41) is 7.09. The highest BCUT2D eigenvalue weighted by Gasteiger charge is 2.29. The van der Waals surface area contributed by atoms with Crippen molar-refractivity contribution in [2.24, 2.45) is 7.05 Å². The molecule has 0 aliphatic carbocycles. The predicted octanol–water partition coefficient (Wildman–Crippen LogP) is 2.68. The molecule has 0 fully saturated rings. The van der Waals surface area contributed by atoms with Crippen molar-refractivity contribution in [2.45, 2.75) is 25.1 Å². The van der Waals surface area contributed by atoms with E-state index >= 15 is 0 Å². The van der Waals surface area contributed by atoms with Crippen LogP contribution in [-0.4, -0.2) is 23.0 Å². The number of nitrogens with one attached hydrogen (secondary N) is 1. The molecule has 1 N–H and O–H groups in total. The Bertz CT molecular complexity index is 329. The molecule has 0 aromatic carbocycles. The molecule has 0 spiro atoms. The zero-order valence-corrected chi connectivity index (χ0v) is 9.73. The van der Waals surface area contributed by atoms with Gasteiger partial charge in [-0.15, -0.1) is 0 Å². The molecule has 1 heterocycles. The molecule has 1 aromatic rings. The largest absolute Gasteiger partial charge is 0.389 e. The van der Waals surface area contributed by atoms with E-state index in [4.69, 9.17) is 11.6 Å². The van der Waals surface area contributed by atoms with Crippen molar-refractivity contribution in [3.63, 3.8) is 0 Å². The zero-order valence-electron chi connectivity index (χ0n) is 8.98. The number of aryl methyl sites for hydroxylation is 1. The Morgan fingerprint density at radius 3 is 2.56 bits per heavy atom. The van der Waals surface area contributed by atoms with Crippen LogP contribution < -0.4 is 5.32 Å². The first-order valence-electron chi connectivity index (χ1n) is 4.76. The van der Waals surface area contributed by atoms with Crippen LogP contribution >= 0.6 is 11.6 Å². The second-order valence-electron chi connectivity index (χ2n) is 3.50. The Labute approximate surface area is 96.6 Å². The number of halogens is 4. The normalized spacial score (nSPS) is 14.1. The second-order valence-corrected chi connectivity index (χ2v) is 3.90. The number of hydrogen-bond acceptors (Lipinski definition) is 2. The Morgan fingerprint density at radius 1 is 1.56 bits per heavy atom. The van der Waals surface area contributed by atoms with Crippen LogP contribution in [0.4, 0.5) is 13.2 Å². The van der Waals surface area contributed by atoms with Crippen LogP contribution in [-0.2, 0) is 7.05 Å². The van der Waals surface area contributed by atoms with E-state index in [1.54, 1.807) is 14.1 Å². The first-order valence-corrected chi connectivity index (χ1v) is 5.14. The topological polar surface area (TPSA) is 29.9 Å².